The number of carbonyl (C=O) groups excluding carboxylic acids is 1. The highest BCUT2D eigenvalue weighted by molar-refractivity contribution is 7.62. The molecule has 1 aliphatic rings. The molecule has 0 saturated heterocycles. The van der Waals surface area contributed by atoms with Crippen molar-refractivity contribution in [2.24, 2.45) is 0 Å². The maximum absolute atomic E-state index is 13.3. The first-order valence-electron chi connectivity index (χ1n) is 8.59. The van der Waals surface area contributed by atoms with E-state index >= 15 is 0 Å². The lowest BCUT2D eigenvalue weighted by Gasteiger charge is -2.17. The SMILES string of the molecule is CCOC(=O)c1n[nH]c(P(=O)(OCC)OCC)c1-c1ccc2c(c1)OCO2. The third kappa shape index (κ3) is 3.71. The number of hydrogen-bond acceptors (Lipinski definition) is 8. The zero-order chi connectivity index (χ0) is 19.4. The van der Waals surface area contributed by atoms with Crippen LogP contribution in [0.4, 0.5) is 0 Å². The molecule has 0 aliphatic carbocycles. The van der Waals surface area contributed by atoms with Gasteiger partial charge in [-0.05, 0) is 38.5 Å². The molecule has 2 heterocycles. The summed E-state index contributed by atoms with van der Waals surface area (Å²) < 4.78 is 40.0. The molecule has 146 valence electrons. The second-order valence-electron chi connectivity index (χ2n) is 5.42. The van der Waals surface area contributed by atoms with Gasteiger partial charge in [0, 0.05) is 0 Å². The van der Waals surface area contributed by atoms with E-state index in [0.717, 1.165) is 0 Å². The van der Waals surface area contributed by atoms with E-state index in [-0.39, 0.29) is 43.3 Å². The average Bonchev–Trinajstić information content (AvgIpc) is 3.28. The Balaban J connectivity index is 2.17. The lowest BCUT2D eigenvalue weighted by atomic mass is 10.1. The number of aromatic nitrogens is 2. The molecule has 0 saturated carbocycles. The minimum absolute atomic E-state index is 0.00894. The minimum atomic E-state index is -3.73. The first-order valence-corrected chi connectivity index (χ1v) is 10.1. The summed E-state index contributed by atoms with van der Waals surface area (Å²) in [4.78, 5) is 12.4. The van der Waals surface area contributed by atoms with Crippen LogP contribution < -0.4 is 14.9 Å². The third-order valence-electron chi connectivity index (χ3n) is 3.75. The second kappa shape index (κ2) is 8.12. The molecule has 1 aromatic carbocycles. The van der Waals surface area contributed by atoms with Gasteiger partial charge in [-0.3, -0.25) is 9.66 Å². The smallest absolute Gasteiger partial charge is 0.379 e. The highest BCUT2D eigenvalue weighted by atomic mass is 31.2. The fourth-order valence-corrected chi connectivity index (χ4v) is 4.40. The van der Waals surface area contributed by atoms with Crippen LogP contribution in [0, 0.1) is 0 Å². The van der Waals surface area contributed by atoms with Crippen LogP contribution in [0.15, 0.2) is 18.2 Å². The van der Waals surface area contributed by atoms with Crippen LogP contribution in [0.5, 0.6) is 11.5 Å². The summed E-state index contributed by atoms with van der Waals surface area (Å²) in [7, 11) is -3.73. The largest absolute Gasteiger partial charge is 0.461 e. The van der Waals surface area contributed by atoms with Crippen molar-refractivity contribution >= 4 is 19.0 Å². The highest BCUT2D eigenvalue weighted by Crippen LogP contribution is 2.49. The second-order valence-corrected chi connectivity index (χ2v) is 7.38. The molecule has 0 radical (unpaired) electrons. The van der Waals surface area contributed by atoms with Crippen LogP contribution in [-0.2, 0) is 18.3 Å². The van der Waals surface area contributed by atoms with Crippen LogP contribution in [0.3, 0.4) is 0 Å². The van der Waals surface area contributed by atoms with E-state index in [2.05, 4.69) is 10.2 Å². The minimum Gasteiger partial charge on any atom is -0.461 e. The topological polar surface area (TPSA) is 109 Å². The number of esters is 1. The standard InChI is InChI=1S/C17H21N2O7P/c1-4-22-17(20)15-14(11-7-8-12-13(9-11)24-10-23-12)16(19-18-15)27(21,25-5-2)26-6-3/h7-9H,4-6,10H2,1-3H3,(H,18,19). The van der Waals surface area contributed by atoms with E-state index in [1.807, 2.05) is 0 Å². The number of nitrogens with zero attached hydrogens (tertiary/aromatic N) is 1. The molecule has 2 aromatic rings. The predicted molar refractivity (Wildman–Crippen MR) is 96.6 cm³/mol. The summed E-state index contributed by atoms with van der Waals surface area (Å²) >= 11 is 0. The lowest BCUT2D eigenvalue weighted by Crippen LogP contribution is -2.15. The van der Waals surface area contributed by atoms with Gasteiger partial charge in [-0.15, -0.1) is 0 Å². The van der Waals surface area contributed by atoms with Crippen molar-refractivity contribution in [2.45, 2.75) is 20.8 Å². The molecule has 0 bridgehead atoms. The van der Waals surface area contributed by atoms with Gasteiger partial charge in [0.1, 0.15) is 0 Å². The Morgan fingerprint density at radius 2 is 1.85 bits per heavy atom. The van der Waals surface area contributed by atoms with E-state index in [1.54, 1.807) is 39.0 Å². The molecule has 0 spiro atoms. The summed E-state index contributed by atoms with van der Waals surface area (Å²) in [5.74, 6) is 0.448. The van der Waals surface area contributed by atoms with Crippen molar-refractivity contribution in [3.05, 3.63) is 23.9 Å². The predicted octanol–water partition coefficient (Wildman–Crippen LogP) is 2.87. The Labute approximate surface area is 156 Å². The Hall–Kier alpha value is -2.35. The average molecular weight is 396 g/mol. The molecule has 0 atom stereocenters. The van der Waals surface area contributed by atoms with Gasteiger partial charge in [0.15, 0.2) is 22.6 Å². The van der Waals surface area contributed by atoms with Crippen LogP contribution >= 0.6 is 7.60 Å². The number of benzene rings is 1. The van der Waals surface area contributed by atoms with Crippen molar-refractivity contribution in [1.29, 1.82) is 0 Å². The fraction of sp³-hybridized carbons (Fsp3) is 0.412. The van der Waals surface area contributed by atoms with Gasteiger partial charge >= 0.3 is 13.6 Å². The van der Waals surface area contributed by atoms with Gasteiger partial charge in [0.05, 0.1) is 25.4 Å². The molecule has 1 aliphatic heterocycles. The number of nitrogens with one attached hydrogen (secondary N) is 1. The number of aromatic amines is 1. The molecule has 1 aromatic heterocycles. The maximum atomic E-state index is 13.3. The lowest BCUT2D eigenvalue weighted by molar-refractivity contribution is 0.0520. The number of ether oxygens (including phenoxy) is 3. The molecule has 1 N–H and O–H groups in total. The number of rotatable bonds is 8. The molecule has 10 heteroatoms. The Morgan fingerprint density at radius 1 is 1.15 bits per heavy atom. The zero-order valence-corrected chi connectivity index (χ0v) is 16.2. The van der Waals surface area contributed by atoms with Crippen molar-refractivity contribution in [3.63, 3.8) is 0 Å². The summed E-state index contributed by atoms with van der Waals surface area (Å²) in [6, 6.07) is 5.10. The Kier molecular flexibility index (Phi) is 5.84. The van der Waals surface area contributed by atoms with Crippen molar-refractivity contribution < 1.29 is 32.6 Å². The van der Waals surface area contributed by atoms with Crippen LogP contribution in [0.1, 0.15) is 31.3 Å². The van der Waals surface area contributed by atoms with E-state index in [0.29, 0.717) is 17.1 Å². The molecule has 9 nitrogen and oxygen atoms in total. The van der Waals surface area contributed by atoms with Crippen LogP contribution in [-0.4, -0.2) is 42.8 Å². The van der Waals surface area contributed by atoms with Gasteiger partial charge in [-0.2, -0.15) is 5.10 Å². The van der Waals surface area contributed by atoms with Crippen molar-refractivity contribution in [2.75, 3.05) is 26.6 Å². The first kappa shape index (κ1) is 19.4. The Morgan fingerprint density at radius 3 is 2.52 bits per heavy atom. The molecule has 0 unspecified atom stereocenters. The van der Waals surface area contributed by atoms with E-state index < -0.39 is 13.6 Å². The molecule has 0 amide bonds. The van der Waals surface area contributed by atoms with Crippen LogP contribution in [0.25, 0.3) is 11.1 Å². The van der Waals surface area contributed by atoms with Crippen molar-refractivity contribution in [1.82, 2.24) is 10.2 Å². The number of hydrogen-bond donors (Lipinski definition) is 1. The van der Waals surface area contributed by atoms with E-state index in [1.165, 1.54) is 0 Å². The van der Waals surface area contributed by atoms with Gasteiger partial charge in [-0.25, -0.2) is 4.79 Å². The fourth-order valence-electron chi connectivity index (χ4n) is 2.71. The number of carbonyl (C=O) groups is 1. The third-order valence-corrected chi connectivity index (χ3v) is 5.82. The first-order chi connectivity index (χ1) is 13.0. The van der Waals surface area contributed by atoms with E-state index in [9.17, 15) is 9.36 Å². The molecule has 27 heavy (non-hydrogen) atoms. The Bertz CT molecular complexity index is 870. The summed E-state index contributed by atoms with van der Waals surface area (Å²) in [6.45, 7) is 5.70. The van der Waals surface area contributed by atoms with Crippen LogP contribution in [0.2, 0.25) is 0 Å². The van der Waals surface area contributed by atoms with Gasteiger partial charge in [-0.1, -0.05) is 6.07 Å². The van der Waals surface area contributed by atoms with E-state index in [4.69, 9.17) is 23.3 Å². The number of fused-ring (bicyclic) bond motifs is 1. The van der Waals surface area contributed by atoms with Gasteiger partial charge in [0.2, 0.25) is 6.79 Å². The summed E-state index contributed by atoms with van der Waals surface area (Å²) in [6.07, 6.45) is 0. The monoisotopic (exact) mass is 396 g/mol. The highest BCUT2D eigenvalue weighted by Gasteiger charge is 2.36. The number of H-pyrrole nitrogens is 1. The quantitative estimate of drug-likeness (QED) is 0.536. The van der Waals surface area contributed by atoms with Gasteiger partial charge in [0.25, 0.3) is 0 Å². The zero-order valence-electron chi connectivity index (χ0n) is 15.3. The maximum Gasteiger partial charge on any atom is 0.379 e. The van der Waals surface area contributed by atoms with Crippen molar-refractivity contribution in [3.8, 4) is 22.6 Å². The molecular weight excluding hydrogens is 375 g/mol. The van der Waals surface area contributed by atoms with Gasteiger partial charge < -0.3 is 23.3 Å². The normalized spacial score (nSPS) is 13.0. The molecular formula is C17H21N2O7P. The summed E-state index contributed by atoms with van der Waals surface area (Å²) in [5, 5.41) is 6.69. The molecule has 3 rings (SSSR count). The molecule has 0 fully saturated rings. The summed E-state index contributed by atoms with van der Waals surface area (Å²) in [5.41, 5.74) is 0.918.